The van der Waals surface area contributed by atoms with Crippen LogP contribution in [0.3, 0.4) is 0 Å². The number of halogens is 3. The van der Waals surface area contributed by atoms with Gasteiger partial charge in [-0.2, -0.15) is 17.5 Å². The van der Waals surface area contributed by atoms with Crippen molar-refractivity contribution in [1.82, 2.24) is 18.8 Å². The summed E-state index contributed by atoms with van der Waals surface area (Å²) in [7, 11) is -2.19. The fourth-order valence-corrected chi connectivity index (χ4v) is 5.21. The Kier molecular flexibility index (Phi) is 6.30. The van der Waals surface area contributed by atoms with Crippen molar-refractivity contribution in [3.05, 3.63) is 66.7 Å². The Hall–Kier alpha value is -3.12. The van der Waals surface area contributed by atoms with Crippen molar-refractivity contribution in [2.75, 3.05) is 25.0 Å². The molecule has 3 aromatic rings. The molecule has 8 nitrogen and oxygen atoms in total. The summed E-state index contributed by atoms with van der Waals surface area (Å²) in [5.74, 6) is -0.223. The van der Waals surface area contributed by atoms with Crippen LogP contribution < -0.4 is 10.1 Å². The molecule has 1 saturated heterocycles. The molecule has 2 aromatic heterocycles. The summed E-state index contributed by atoms with van der Waals surface area (Å²) in [5.41, 5.74) is 0.891. The van der Waals surface area contributed by atoms with Crippen molar-refractivity contribution in [1.29, 1.82) is 0 Å². The van der Waals surface area contributed by atoms with Gasteiger partial charge in [0.2, 0.25) is 0 Å². The van der Waals surface area contributed by atoms with Crippen LogP contribution in [0, 0.1) is 0 Å². The van der Waals surface area contributed by atoms with Crippen molar-refractivity contribution in [3.8, 4) is 5.75 Å². The molecule has 0 unspecified atom stereocenters. The number of sulfonamides is 1. The second-order valence-electron chi connectivity index (χ2n) is 7.72. The lowest BCUT2D eigenvalue weighted by molar-refractivity contribution is -0.153. The van der Waals surface area contributed by atoms with Crippen molar-refractivity contribution in [2.45, 2.75) is 23.2 Å². The van der Waals surface area contributed by atoms with Crippen molar-refractivity contribution >= 4 is 15.8 Å². The summed E-state index contributed by atoms with van der Waals surface area (Å²) in [4.78, 5) is 8.11. The quantitative estimate of drug-likeness (QED) is 0.558. The third-order valence-corrected chi connectivity index (χ3v) is 7.00. The first kappa shape index (κ1) is 23.1. The zero-order valence-electron chi connectivity index (χ0n) is 17.6. The zero-order valence-corrected chi connectivity index (χ0v) is 18.4. The van der Waals surface area contributed by atoms with Gasteiger partial charge in [0.1, 0.15) is 0 Å². The number of anilines is 1. The van der Waals surface area contributed by atoms with E-state index in [1.165, 1.54) is 35.2 Å². The maximum absolute atomic E-state index is 13.2. The van der Waals surface area contributed by atoms with E-state index < -0.39 is 28.8 Å². The average molecular weight is 482 g/mol. The molecule has 1 aromatic carbocycles. The minimum absolute atomic E-state index is 0.0623. The molecule has 0 saturated carbocycles. The number of benzene rings is 1. The Morgan fingerprint density at radius 1 is 1.12 bits per heavy atom. The van der Waals surface area contributed by atoms with Gasteiger partial charge in [-0.15, -0.1) is 0 Å². The number of hydrogen-bond acceptors (Lipinski definition) is 6. The summed E-state index contributed by atoms with van der Waals surface area (Å²) in [5, 5.41) is 3.05. The molecule has 0 bridgehead atoms. The molecule has 0 spiro atoms. The van der Waals surface area contributed by atoms with Crippen LogP contribution >= 0.6 is 0 Å². The largest absolute Gasteiger partial charge is 0.480 e. The Morgan fingerprint density at radius 3 is 2.55 bits per heavy atom. The fraction of sp³-hybridized carbons (Fsp3) is 0.333. The van der Waals surface area contributed by atoms with E-state index in [1.54, 1.807) is 11.6 Å². The molecular weight excluding hydrogens is 459 g/mol. The maximum atomic E-state index is 13.2. The van der Waals surface area contributed by atoms with Crippen LogP contribution in [0.5, 0.6) is 5.75 Å². The number of rotatable bonds is 7. The van der Waals surface area contributed by atoms with Crippen molar-refractivity contribution < 1.29 is 26.3 Å². The van der Waals surface area contributed by atoms with Crippen LogP contribution in [0.25, 0.3) is 0 Å². The molecule has 1 aliphatic rings. The lowest BCUT2D eigenvalue weighted by Crippen LogP contribution is -2.32. The molecule has 1 N–H and O–H groups in total. The third kappa shape index (κ3) is 5.28. The number of ether oxygens (including phenoxy) is 1. The average Bonchev–Trinajstić information content (AvgIpc) is 3.40. The summed E-state index contributed by atoms with van der Waals surface area (Å²) >= 11 is 0. The summed E-state index contributed by atoms with van der Waals surface area (Å²) < 4.78 is 72.1. The van der Waals surface area contributed by atoms with E-state index in [0.29, 0.717) is 0 Å². The summed E-state index contributed by atoms with van der Waals surface area (Å²) in [6, 6.07) is 11.7. The number of aryl methyl sites for hydroxylation is 1. The maximum Gasteiger partial charge on any atom is 0.422 e. The number of pyridine rings is 1. The number of hydrogen-bond donors (Lipinski definition) is 1. The lowest BCUT2D eigenvalue weighted by Gasteiger charge is -2.22. The number of alkyl halides is 3. The lowest BCUT2D eigenvalue weighted by atomic mass is 9.94. The molecule has 0 radical (unpaired) electrons. The minimum atomic E-state index is -4.50. The van der Waals surface area contributed by atoms with Gasteiger partial charge in [-0.05, 0) is 17.7 Å². The van der Waals surface area contributed by atoms with Gasteiger partial charge in [-0.1, -0.05) is 30.3 Å². The van der Waals surface area contributed by atoms with Crippen LogP contribution in [0.4, 0.5) is 19.0 Å². The van der Waals surface area contributed by atoms with Gasteiger partial charge in [-0.25, -0.2) is 18.4 Å². The highest BCUT2D eigenvalue weighted by molar-refractivity contribution is 7.89. The first-order valence-electron chi connectivity index (χ1n) is 10.1. The number of aromatic nitrogens is 3. The Labute approximate surface area is 189 Å². The van der Waals surface area contributed by atoms with Crippen molar-refractivity contribution in [2.24, 2.45) is 7.05 Å². The van der Waals surface area contributed by atoms with E-state index in [9.17, 15) is 21.6 Å². The molecule has 4 rings (SSSR count). The minimum Gasteiger partial charge on any atom is -0.480 e. The van der Waals surface area contributed by atoms with Gasteiger partial charge in [0.15, 0.2) is 23.2 Å². The van der Waals surface area contributed by atoms with Crippen molar-refractivity contribution in [3.63, 3.8) is 0 Å². The Bertz CT molecular complexity index is 1200. The molecule has 2 atom stereocenters. The topological polar surface area (TPSA) is 89.4 Å². The highest BCUT2D eigenvalue weighted by Crippen LogP contribution is 2.34. The van der Waals surface area contributed by atoms with E-state index in [2.05, 4.69) is 15.3 Å². The van der Waals surface area contributed by atoms with Gasteiger partial charge in [-0.3, -0.25) is 0 Å². The van der Waals surface area contributed by atoms with Crippen LogP contribution in [-0.2, 0) is 17.1 Å². The number of nitrogens with one attached hydrogen (secondary N) is 1. The van der Waals surface area contributed by atoms with Gasteiger partial charge >= 0.3 is 6.18 Å². The molecule has 1 fully saturated rings. The predicted molar refractivity (Wildman–Crippen MR) is 114 cm³/mol. The van der Waals surface area contributed by atoms with Crippen LogP contribution in [-0.4, -0.2) is 59.2 Å². The zero-order chi connectivity index (χ0) is 23.6. The van der Waals surface area contributed by atoms with E-state index in [-0.39, 0.29) is 35.6 Å². The second-order valence-corrected chi connectivity index (χ2v) is 9.61. The van der Waals surface area contributed by atoms with E-state index >= 15 is 0 Å². The molecule has 3 heterocycles. The van der Waals surface area contributed by atoms with E-state index in [1.807, 2.05) is 30.3 Å². The monoisotopic (exact) mass is 481 g/mol. The molecule has 0 amide bonds. The fourth-order valence-electron chi connectivity index (χ4n) is 3.75. The summed E-state index contributed by atoms with van der Waals surface area (Å²) in [6.45, 7) is -1.21. The second kappa shape index (κ2) is 9.02. The first-order valence-corrected chi connectivity index (χ1v) is 11.5. The smallest absolute Gasteiger partial charge is 0.422 e. The highest BCUT2D eigenvalue weighted by Gasteiger charge is 2.41. The predicted octanol–water partition coefficient (Wildman–Crippen LogP) is 3.03. The van der Waals surface area contributed by atoms with Gasteiger partial charge in [0, 0.05) is 44.5 Å². The molecule has 176 valence electrons. The SMILES string of the molecule is Cn1cnc(S(=O)(=O)N2C[C@H](Nc3ncccc3OCC(F)(F)F)[C@@H](c3ccccc3)C2)c1. The first-order chi connectivity index (χ1) is 15.6. The van der Waals surface area contributed by atoms with Gasteiger partial charge in [0.25, 0.3) is 10.0 Å². The Balaban J connectivity index is 1.62. The van der Waals surface area contributed by atoms with Gasteiger partial charge < -0.3 is 14.6 Å². The number of nitrogens with zero attached hydrogens (tertiary/aromatic N) is 4. The van der Waals surface area contributed by atoms with Gasteiger partial charge in [0.05, 0.1) is 6.33 Å². The molecule has 12 heteroatoms. The molecule has 0 aliphatic carbocycles. The molecule has 33 heavy (non-hydrogen) atoms. The standard InChI is InChI=1S/C21H22F3N5O3S/c1-28-12-19(26-14-28)33(30,31)29-10-16(15-6-3-2-4-7-15)17(11-29)27-20-18(8-5-9-25-20)32-13-21(22,23)24/h2-9,12,14,16-17H,10-11,13H2,1H3,(H,25,27)/t16-,17+/m1/s1. The third-order valence-electron chi connectivity index (χ3n) is 5.28. The highest BCUT2D eigenvalue weighted by atomic mass is 32.2. The van der Waals surface area contributed by atoms with E-state index in [4.69, 9.17) is 4.74 Å². The summed E-state index contributed by atoms with van der Waals surface area (Å²) in [6.07, 6.45) is -0.237. The van der Waals surface area contributed by atoms with E-state index in [0.717, 1.165) is 5.56 Å². The normalized spacial score (nSPS) is 19.5. The molecule has 1 aliphatic heterocycles. The molecular formula is C21H22F3N5O3S. The van der Waals surface area contributed by atoms with Crippen LogP contribution in [0.1, 0.15) is 11.5 Å². The van der Waals surface area contributed by atoms with Crippen LogP contribution in [0.15, 0.2) is 66.2 Å². The van der Waals surface area contributed by atoms with Crippen LogP contribution in [0.2, 0.25) is 0 Å². The Morgan fingerprint density at radius 2 is 1.88 bits per heavy atom. The number of imidazole rings is 1.